The molecule has 0 unspecified atom stereocenters. The molecule has 0 aliphatic carbocycles. The van der Waals surface area contributed by atoms with Crippen LogP contribution in [0.25, 0.3) is 0 Å². The maximum absolute atomic E-state index is 5.91. The zero-order valence-electron chi connectivity index (χ0n) is 16.0. The van der Waals surface area contributed by atoms with Crippen molar-refractivity contribution in [2.24, 2.45) is 0 Å². The summed E-state index contributed by atoms with van der Waals surface area (Å²) in [5, 5.41) is 3.55. The topological polar surface area (TPSA) is 30.5 Å². The van der Waals surface area contributed by atoms with Crippen molar-refractivity contribution in [1.29, 1.82) is 0 Å². The lowest BCUT2D eigenvalue weighted by molar-refractivity contribution is 0.299. The minimum Gasteiger partial charge on any atom is -0.493 e. The highest BCUT2D eigenvalue weighted by molar-refractivity contribution is 5.40. The second kappa shape index (κ2) is 14.2. The third-order valence-electron chi connectivity index (χ3n) is 4.00. The van der Waals surface area contributed by atoms with Gasteiger partial charge in [0.05, 0.1) is 13.2 Å². The first-order chi connectivity index (χ1) is 11.8. The monoisotopic (exact) mass is 335 g/mol. The predicted molar refractivity (Wildman–Crippen MR) is 103 cm³/mol. The van der Waals surface area contributed by atoms with Crippen molar-refractivity contribution < 1.29 is 9.47 Å². The minimum atomic E-state index is 0.752. The van der Waals surface area contributed by atoms with Gasteiger partial charge in [0.15, 0.2) is 0 Å². The first-order valence-electron chi connectivity index (χ1n) is 9.91. The smallest absolute Gasteiger partial charge is 0.127 e. The molecule has 24 heavy (non-hydrogen) atoms. The Hall–Kier alpha value is -1.22. The van der Waals surface area contributed by atoms with Crippen molar-refractivity contribution in [1.82, 2.24) is 5.32 Å². The van der Waals surface area contributed by atoms with Gasteiger partial charge in [-0.3, -0.25) is 0 Å². The molecule has 0 radical (unpaired) electrons. The molecule has 0 saturated carbocycles. The molecule has 1 N–H and O–H groups in total. The second-order valence-corrected chi connectivity index (χ2v) is 6.41. The van der Waals surface area contributed by atoms with Gasteiger partial charge in [0.1, 0.15) is 11.5 Å². The molecule has 0 aliphatic heterocycles. The van der Waals surface area contributed by atoms with Gasteiger partial charge in [0, 0.05) is 18.2 Å². The molecule has 3 nitrogen and oxygen atoms in total. The number of hydrogen-bond acceptors (Lipinski definition) is 3. The van der Waals surface area contributed by atoms with Crippen molar-refractivity contribution >= 4 is 0 Å². The van der Waals surface area contributed by atoms with E-state index < -0.39 is 0 Å². The summed E-state index contributed by atoms with van der Waals surface area (Å²) >= 11 is 0. The first kappa shape index (κ1) is 20.8. The highest BCUT2D eigenvalue weighted by Gasteiger charge is 2.06. The van der Waals surface area contributed by atoms with Crippen LogP contribution in [-0.4, -0.2) is 19.8 Å². The number of benzene rings is 1. The Kier molecular flexibility index (Phi) is 12.3. The van der Waals surface area contributed by atoms with E-state index in [0.717, 1.165) is 50.6 Å². The summed E-state index contributed by atoms with van der Waals surface area (Å²) in [6.45, 7) is 9.96. The molecule has 0 fully saturated rings. The third-order valence-corrected chi connectivity index (χ3v) is 4.00. The van der Waals surface area contributed by atoms with Crippen molar-refractivity contribution in [3.63, 3.8) is 0 Å². The SMILES string of the molecule is CCCCCCCCNCc1ccc(OCCC)cc1OCCC. The van der Waals surface area contributed by atoms with E-state index in [1.807, 2.05) is 6.07 Å². The van der Waals surface area contributed by atoms with Gasteiger partial charge in [-0.2, -0.15) is 0 Å². The largest absolute Gasteiger partial charge is 0.493 e. The molecule has 0 amide bonds. The summed E-state index contributed by atoms with van der Waals surface area (Å²) in [7, 11) is 0. The number of unbranched alkanes of at least 4 members (excludes halogenated alkanes) is 5. The highest BCUT2D eigenvalue weighted by atomic mass is 16.5. The molecule has 1 rings (SSSR count). The van der Waals surface area contributed by atoms with Gasteiger partial charge < -0.3 is 14.8 Å². The maximum atomic E-state index is 5.91. The summed E-state index contributed by atoms with van der Waals surface area (Å²) in [6.07, 6.45) is 10.1. The lowest BCUT2D eigenvalue weighted by atomic mass is 10.1. The summed E-state index contributed by atoms with van der Waals surface area (Å²) in [5.74, 6) is 1.86. The van der Waals surface area contributed by atoms with Crippen molar-refractivity contribution in [3.8, 4) is 11.5 Å². The van der Waals surface area contributed by atoms with Crippen LogP contribution in [0.2, 0.25) is 0 Å². The fourth-order valence-electron chi connectivity index (χ4n) is 2.59. The molecular formula is C21H37NO2. The molecule has 1 aromatic carbocycles. The number of ether oxygens (including phenoxy) is 2. The summed E-state index contributed by atoms with van der Waals surface area (Å²) in [4.78, 5) is 0. The van der Waals surface area contributed by atoms with E-state index in [9.17, 15) is 0 Å². The normalized spacial score (nSPS) is 10.8. The second-order valence-electron chi connectivity index (χ2n) is 6.41. The Balaban J connectivity index is 2.38. The van der Waals surface area contributed by atoms with Crippen LogP contribution in [0.1, 0.15) is 77.7 Å². The van der Waals surface area contributed by atoms with E-state index in [4.69, 9.17) is 9.47 Å². The van der Waals surface area contributed by atoms with Gasteiger partial charge in [-0.15, -0.1) is 0 Å². The van der Waals surface area contributed by atoms with Crippen molar-refractivity contribution in [2.75, 3.05) is 19.8 Å². The fraction of sp³-hybridized carbons (Fsp3) is 0.714. The van der Waals surface area contributed by atoms with E-state index in [-0.39, 0.29) is 0 Å². The molecule has 0 heterocycles. The Bertz CT molecular complexity index is 420. The maximum Gasteiger partial charge on any atom is 0.127 e. The van der Waals surface area contributed by atoms with Crippen LogP contribution in [0.3, 0.4) is 0 Å². The Morgan fingerprint density at radius 3 is 2.25 bits per heavy atom. The van der Waals surface area contributed by atoms with Gasteiger partial charge in [-0.25, -0.2) is 0 Å². The van der Waals surface area contributed by atoms with Crippen LogP contribution in [0.15, 0.2) is 18.2 Å². The van der Waals surface area contributed by atoms with E-state index in [1.165, 1.54) is 44.1 Å². The average molecular weight is 336 g/mol. The van der Waals surface area contributed by atoms with Crippen LogP contribution in [-0.2, 0) is 6.54 Å². The van der Waals surface area contributed by atoms with Gasteiger partial charge in [-0.05, 0) is 31.9 Å². The van der Waals surface area contributed by atoms with Crippen LogP contribution >= 0.6 is 0 Å². The highest BCUT2D eigenvalue weighted by Crippen LogP contribution is 2.25. The molecule has 0 aliphatic rings. The lowest BCUT2D eigenvalue weighted by Gasteiger charge is -2.14. The zero-order valence-corrected chi connectivity index (χ0v) is 16.0. The molecule has 0 spiro atoms. The molecule has 3 heteroatoms. The van der Waals surface area contributed by atoms with E-state index >= 15 is 0 Å². The summed E-state index contributed by atoms with van der Waals surface area (Å²) < 4.78 is 11.6. The zero-order chi connectivity index (χ0) is 17.5. The molecule has 0 aromatic heterocycles. The number of nitrogens with one attached hydrogen (secondary N) is 1. The number of hydrogen-bond donors (Lipinski definition) is 1. The van der Waals surface area contributed by atoms with Gasteiger partial charge in [0.25, 0.3) is 0 Å². The van der Waals surface area contributed by atoms with E-state index in [2.05, 4.69) is 38.2 Å². The average Bonchev–Trinajstić information content (AvgIpc) is 2.61. The Labute approximate surface area is 149 Å². The molecule has 0 bridgehead atoms. The molecule has 138 valence electrons. The molecule has 1 aromatic rings. The van der Waals surface area contributed by atoms with Crippen molar-refractivity contribution in [3.05, 3.63) is 23.8 Å². The Morgan fingerprint density at radius 2 is 1.50 bits per heavy atom. The predicted octanol–water partition coefficient (Wildman–Crippen LogP) is 5.71. The standard InChI is InChI=1S/C21H37NO2/c1-4-7-8-9-10-11-14-22-18-19-12-13-20(23-15-5-2)17-21(19)24-16-6-3/h12-13,17,22H,4-11,14-16,18H2,1-3H3. The van der Waals surface area contributed by atoms with Crippen LogP contribution in [0.4, 0.5) is 0 Å². The van der Waals surface area contributed by atoms with Gasteiger partial charge in [0.2, 0.25) is 0 Å². The quantitative estimate of drug-likeness (QED) is 0.416. The third kappa shape index (κ3) is 9.17. The minimum absolute atomic E-state index is 0.752. The van der Waals surface area contributed by atoms with Crippen LogP contribution in [0, 0.1) is 0 Å². The molecule has 0 atom stereocenters. The first-order valence-corrected chi connectivity index (χ1v) is 9.91. The van der Waals surface area contributed by atoms with Gasteiger partial charge in [-0.1, -0.05) is 58.9 Å². The summed E-state index contributed by atoms with van der Waals surface area (Å²) in [6, 6.07) is 6.22. The van der Waals surface area contributed by atoms with Crippen molar-refractivity contribution in [2.45, 2.75) is 78.7 Å². The van der Waals surface area contributed by atoms with E-state index in [1.54, 1.807) is 0 Å². The van der Waals surface area contributed by atoms with Crippen LogP contribution in [0.5, 0.6) is 11.5 Å². The fourth-order valence-corrected chi connectivity index (χ4v) is 2.59. The van der Waals surface area contributed by atoms with Crippen LogP contribution < -0.4 is 14.8 Å². The van der Waals surface area contributed by atoms with Gasteiger partial charge >= 0.3 is 0 Å². The van der Waals surface area contributed by atoms with E-state index in [0.29, 0.717) is 0 Å². The molecular weight excluding hydrogens is 298 g/mol. The Morgan fingerprint density at radius 1 is 0.792 bits per heavy atom. The summed E-state index contributed by atoms with van der Waals surface area (Å²) in [5.41, 5.74) is 1.22. The lowest BCUT2D eigenvalue weighted by Crippen LogP contribution is -2.15. The molecule has 0 saturated heterocycles. The number of rotatable bonds is 15.